The van der Waals surface area contributed by atoms with Crippen LogP contribution in [0.5, 0.6) is 0 Å². The number of rotatable bonds is 0. The molecule has 0 radical (unpaired) electrons. The van der Waals surface area contributed by atoms with Gasteiger partial charge in [0.2, 0.25) is 5.91 Å². The number of nitrogens with one attached hydrogen (secondary N) is 1. The van der Waals surface area contributed by atoms with E-state index < -0.39 is 0 Å². The molecule has 1 saturated heterocycles. The number of para-hydroxylation sites is 1. The second-order valence-corrected chi connectivity index (χ2v) is 5.34. The number of piperidine rings is 1. The fourth-order valence-corrected chi connectivity index (χ4v) is 3.08. The van der Waals surface area contributed by atoms with E-state index in [2.05, 4.69) is 42.4 Å². The van der Waals surface area contributed by atoms with Gasteiger partial charge in [0.1, 0.15) is 0 Å². The number of hydrogen-bond acceptors (Lipinski definition) is 2. The quantitative estimate of drug-likeness (QED) is 0.738. The van der Waals surface area contributed by atoms with Crippen LogP contribution in [0.2, 0.25) is 0 Å². The zero-order valence-electron chi connectivity index (χ0n) is 10.4. The van der Waals surface area contributed by atoms with Crippen molar-refractivity contribution in [3.63, 3.8) is 0 Å². The molecule has 1 fully saturated rings. The summed E-state index contributed by atoms with van der Waals surface area (Å²) in [6, 6.07) is 6.24. The van der Waals surface area contributed by atoms with Crippen LogP contribution in [0.25, 0.3) is 0 Å². The Balaban J connectivity index is 2.08. The summed E-state index contributed by atoms with van der Waals surface area (Å²) in [5.41, 5.74) is 3.19. The van der Waals surface area contributed by atoms with Gasteiger partial charge in [0.05, 0.1) is 5.41 Å². The molecule has 0 saturated carbocycles. The van der Waals surface area contributed by atoms with Gasteiger partial charge in [0, 0.05) is 5.69 Å². The van der Waals surface area contributed by atoms with Gasteiger partial charge in [-0.25, -0.2) is 0 Å². The monoisotopic (exact) mass is 230 g/mol. The van der Waals surface area contributed by atoms with E-state index in [-0.39, 0.29) is 11.3 Å². The van der Waals surface area contributed by atoms with Crippen LogP contribution in [0.15, 0.2) is 18.2 Å². The van der Waals surface area contributed by atoms with Crippen LogP contribution in [-0.4, -0.2) is 30.9 Å². The van der Waals surface area contributed by atoms with Crippen LogP contribution >= 0.6 is 0 Å². The van der Waals surface area contributed by atoms with E-state index in [0.717, 1.165) is 31.6 Å². The molecule has 3 heteroatoms. The molecule has 1 N–H and O–H groups in total. The van der Waals surface area contributed by atoms with E-state index in [1.165, 1.54) is 11.1 Å². The van der Waals surface area contributed by atoms with E-state index >= 15 is 0 Å². The molecule has 17 heavy (non-hydrogen) atoms. The van der Waals surface area contributed by atoms with E-state index in [1.54, 1.807) is 0 Å². The van der Waals surface area contributed by atoms with Crippen molar-refractivity contribution < 1.29 is 4.79 Å². The Morgan fingerprint density at radius 1 is 1.29 bits per heavy atom. The third-order valence-electron chi connectivity index (χ3n) is 4.30. The number of nitrogens with zero attached hydrogens (tertiary/aromatic N) is 1. The predicted molar refractivity (Wildman–Crippen MR) is 68.2 cm³/mol. The fraction of sp³-hybridized carbons (Fsp3) is 0.500. The predicted octanol–water partition coefficient (Wildman–Crippen LogP) is 1.91. The lowest BCUT2D eigenvalue weighted by Gasteiger charge is -2.36. The zero-order valence-corrected chi connectivity index (χ0v) is 10.4. The second kappa shape index (κ2) is 3.57. The first kappa shape index (κ1) is 10.8. The Morgan fingerprint density at radius 3 is 2.71 bits per heavy atom. The van der Waals surface area contributed by atoms with Crippen LogP contribution in [0.4, 0.5) is 5.69 Å². The largest absolute Gasteiger partial charge is 0.325 e. The highest BCUT2D eigenvalue weighted by atomic mass is 16.2. The van der Waals surface area contributed by atoms with Gasteiger partial charge in [-0.15, -0.1) is 0 Å². The number of amides is 1. The van der Waals surface area contributed by atoms with Crippen LogP contribution in [0, 0.1) is 6.92 Å². The van der Waals surface area contributed by atoms with Crippen LogP contribution in [-0.2, 0) is 10.2 Å². The Kier molecular flexibility index (Phi) is 2.26. The minimum absolute atomic E-state index is 0.204. The normalized spacial score (nSPS) is 22.6. The number of likely N-dealkylation sites (tertiary alicyclic amines) is 1. The molecule has 2 aliphatic rings. The number of fused-ring (bicyclic) bond motifs is 2. The van der Waals surface area contributed by atoms with Crippen molar-refractivity contribution in [1.29, 1.82) is 0 Å². The van der Waals surface area contributed by atoms with Crippen molar-refractivity contribution in [3.8, 4) is 0 Å². The molecule has 0 unspecified atom stereocenters. The summed E-state index contributed by atoms with van der Waals surface area (Å²) in [7, 11) is 2.12. The summed E-state index contributed by atoms with van der Waals surface area (Å²) in [5.74, 6) is 0.204. The van der Waals surface area contributed by atoms with E-state index in [0.29, 0.717) is 0 Å². The second-order valence-electron chi connectivity index (χ2n) is 5.34. The van der Waals surface area contributed by atoms with Crippen LogP contribution in [0.3, 0.4) is 0 Å². The van der Waals surface area contributed by atoms with E-state index in [9.17, 15) is 4.79 Å². The van der Waals surface area contributed by atoms with Gasteiger partial charge in [-0.05, 0) is 51.0 Å². The van der Waals surface area contributed by atoms with Crippen molar-refractivity contribution in [2.45, 2.75) is 25.2 Å². The molecule has 1 spiro atoms. The van der Waals surface area contributed by atoms with E-state index in [4.69, 9.17) is 0 Å². The standard InChI is InChI=1S/C14H18N2O/c1-10-4-3-5-11-12(10)15-13(17)14(11)6-8-16(2)9-7-14/h3-5H,6-9H2,1-2H3,(H,15,17). The molecule has 3 rings (SSSR count). The molecular weight excluding hydrogens is 212 g/mol. The van der Waals surface area contributed by atoms with Gasteiger partial charge in [-0.2, -0.15) is 0 Å². The van der Waals surface area contributed by atoms with Gasteiger partial charge in [0.15, 0.2) is 0 Å². The van der Waals surface area contributed by atoms with Gasteiger partial charge in [0.25, 0.3) is 0 Å². The molecular formula is C14H18N2O. The molecule has 0 aromatic heterocycles. The number of anilines is 1. The molecule has 0 atom stereocenters. The summed E-state index contributed by atoms with van der Waals surface area (Å²) < 4.78 is 0. The molecule has 1 aromatic carbocycles. The number of carbonyl (C=O) groups is 1. The first-order chi connectivity index (χ1) is 8.13. The molecule has 0 aliphatic carbocycles. The minimum Gasteiger partial charge on any atom is -0.325 e. The molecule has 2 aliphatic heterocycles. The molecule has 90 valence electrons. The Labute approximate surface area is 102 Å². The average Bonchev–Trinajstić information content (AvgIpc) is 2.59. The van der Waals surface area contributed by atoms with Crippen molar-refractivity contribution >= 4 is 11.6 Å². The Bertz CT molecular complexity index is 473. The Morgan fingerprint density at radius 2 is 2.00 bits per heavy atom. The maximum atomic E-state index is 12.3. The minimum atomic E-state index is -0.256. The van der Waals surface area contributed by atoms with Gasteiger partial charge >= 0.3 is 0 Å². The summed E-state index contributed by atoms with van der Waals surface area (Å²) in [4.78, 5) is 14.6. The molecule has 2 heterocycles. The van der Waals surface area contributed by atoms with Crippen LogP contribution in [0.1, 0.15) is 24.0 Å². The lowest BCUT2D eigenvalue weighted by molar-refractivity contribution is -0.122. The van der Waals surface area contributed by atoms with Crippen molar-refractivity contribution in [2.75, 3.05) is 25.5 Å². The highest BCUT2D eigenvalue weighted by molar-refractivity contribution is 6.07. The number of hydrogen-bond donors (Lipinski definition) is 1. The number of aryl methyl sites for hydroxylation is 1. The molecule has 1 amide bonds. The van der Waals surface area contributed by atoms with E-state index in [1.807, 2.05) is 0 Å². The molecule has 3 nitrogen and oxygen atoms in total. The highest BCUT2D eigenvalue weighted by Gasteiger charge is 2.48. The van der Waals surface area contributed by atoms with Crippen LogP contribution < -0.4 is 5.32 Å². The zero-order chi connectivity index (χ0) is 12.0. The summed E-state index contributed by atoms with van der Waals surface area (Å²) in [6.45, 7) is 4.06. The maximum Gasteiger partial charge on any atom is 0.235 e. The summed E-state index contributed by atoms with van der Waals surface area (Å²) >= 11 is 0. The van der Waals surface area contributed by atoms with Gasteiger partial charge in [-0.3, -0.25) is 4.79 Å². The van der Waals surface area contributed by atoms with Gasteiger partial charge < -0.3 is 10.2 Å². The SMILES string of the molecule is Cc1cccc2c1NC(=O)C21CCN(C)CC1. The lowest BCUT2D eigenvalue weighted by atomic mass is 9.73. The molecule has 0 bridgehead atoms. The van der Waals surface area contributed by atoms with Crippen molar-refractivity contribution in [3.05, 3.63) is 29.3 Å². The third-order valence-corrected chi connectivity index (χ3v) is 4.30. The number of benzene rings is 1. The number of carbonyl (C=O) groups excluding carboxylic acids is 1. The topological polar surface area (TPSA) is 32.3 Å². The maximum absolute atomic E-state index is 12.3. The first-order valence-electron chi connectivity index (χ1n) is 6.23. The smallest absolute Gasteiger partial charge is 0.235 e. The summed E-state index contributed by atoms with van der Waals surface area (Å²) in [6.07, 6.45) is 1.87. The Hall–Kier alpha value is -1.35. The van der Waals surface area contributed by atoms with Crippen molar-refractivity contribution in [2.24, 2.45) is 0 Å². The lowest BCUT2D eigenvalue weighted by Crippen LogP contribution is -2.45. The third kappa shape index (κ3) is 1.42. The summed E-state index contributed by atoms with van der Waals surface area (Å²) in [5, 5.41) is 3.08. The fourth-order valence-electron chi connectivity index (χ4n) is 3.08. The highest BCUT2D eigenvalue weighted by Crippen LogP contribution is 2.45. The average molecular weight is 230 g/mol. The molecule has 1 aromatic rings. The van der Waals surface area contributed by atoms with Crippen molar-refractivity contribution in [1.82, 2.24) is 4.90 Å². The van der Waals surface area contributed by atoms with Gasteiger partial charge in [-0.1, -0.05) is 18.2 Å². The first-order valence-corrected chi connectivity index (χ1v) is 6.23.